The molecule has 0 saturated heterocycles. The zero-order valence-corrected chi connectivity index (χ0v) is 14.1. The van der Waals surface area contributed by atoms with Gasteiger partial charge in [0, 0.05) is 32.3 Å². The van der Waals surface area contributed by atoms with E-state index in [1.807, 2.05) is 24.3 Å². The van der Waals surface area contributed by atoms with Crippen molar-refractivity contribution in [2.75, 3.05) is 0 Å². The van der Waals surface area contributed by atoms with Crippen LogP contribution in [0.3, 0.4) is 0 Å². The van der Waals surface area contributed by atoms with Crippen LogP contribution in [0, 0.1) is 13.8 Å². The Hall–Kier alpha value is -1.45. The Balaban J connectivity index is 1.97. The second kappa shape index (κ2) is 4.77. The first-order chi connectivity index (χ1) is 10.5. The molecule has 2 heterocycles. The number of ketones is 1. The summed E-state index contributed by atoms with van der Waals surface area (Å²) in [6.45, 7) is 4.25. The van der Waals surface area contributed by atoms with Crippen molar-refractivity contribution in [2.24, 2.45) is 4.99 Å². The molecule has 2 aromatic rings. The lowest BCUT2D eigenvalue weighted by molar-refractivity contribution is -0.120. The molecule has 1 aromatic carbocycles. The van der Waals surface area contributed by atoms with E-state index in [4.69, 9.17) is 16.6 Å². The summed E-state index contributed by atoms with van der Waals surface area (Å²) in [5.74, 6) is 0.277. The summed E-state index contributed by atoms with van der Waals surface area (Å²) >= 11 is 7.75. The van der Waals surface area contributed by atoms with Gasteiger partial charge in [-0.3, -0.25) is 9.79 Å². The van der Waals surface area contributed by atoms with Gasteiger partial charge in [-0.1, -0.05) is 23.7 Å². The van der Waals surface area contributed by atoms with Crippen molar-refractivity contribution < 1.29 is 4.79 Å². The lowest BCUT2D eigenvalue weighted by Crippen LogP contribution is -2.21. The van der Waals surface area contributed by atoms with E-state index in [2.05, 4.69) is 13.8 Å². The number of nitrogens with zero attached hydrogens (tertiary/aromatic N) is 1. The van der Waals surface area contributed by atoms with E-state index in [1.54, 1.807) is 11.3 Å². The van der Waals surface area contributed by atoms with Crippen molar-refractivity contribution in [3.8, 4) is 0 Å². The van der Waals surface area contributed by atoms with Crippen molar-refractivity contribution in [2.45, 2.75) is 38.6 Å². The van der Waals surface area contributed by atoms with E-state index >= 15 is 0 Å². The summed E-state index contributed by atoms with van der Waals surface area (Å²) in [4.78, 5) is 20.0. The van der Waals surface area contributed by atoms with E-state index in [1.165, 1.54) is 16.0 Å². The Morgan fingerprint density at radius 3 is 2.50 bits per heavy atom. The lowest BCUT2D eigenvalue weighted by atomic mass is 9.98. The first-order valence-electron chi connectivity index (χ1n) is 7.48. The molecule has 4 heteroatoms. The minimum absolute atomic E-state index is 0.277. The minimum atomic E-state index is -0.450. The van der Waals surface area contributed by atoms with Gasteiger partial charge in [-0.15, -0.1) is 11.3 Å². The largest absolute Gasteiger partial charge is 0.297 e. The Kier molecular flexibility index (Phi) is 3.07. The summed E-state index contributed by atoms with van der Waals surface area (Å²) in [6, 6.07) is 7.78. The fraction of sp³-hybridized carbons (Fsp3) is 0.333. The molecule has 0 radical (unpaired) electrons. The second-order valence-corrected chi connectivity index (χ2v) is 7.93. The van der Waals surface area contributed by atoms with Gasteiger partial charge in [0.1, 0.15) is 5.54 Å². The number of thiophene rings is 1. The quantitative estimate of drug-likeness (QED) is 0.756. The summed E-state index contributed by atoms with van der Waals surface area (Å²) in [5.41, 5.74) is 3.99. The van der Waals surface area contributed by atoms with Crippen LogP contribution in [0.5, 0.6) is 0 Å². The monoisotopic (exact) mass is 329 g/mol. The molecule has 1 saturated carbocycles. The zero-order valence-electron chi connectivity index (χ0n) is 12.6. The average molecular weight is 330 g/mol. The molecule has 1 aromatic heterocycles. The Bertz CT molecular complexity index is 812. The predicted octanol–water partition coefficient (Wildman–Crippen LogP) is 4.51. The highest BCUT2D eigenvalue weighted by Crippen LogP contribution is 2.46. The van der Waals surface area contributed by atoms with Crippen LogP contribution >= 0.6 is 22.9 Å². The SMILES string of the molecule is Cc1sc2c(c1C)C(c1ccc(Cl)cc1)=NC1(CC1)C(=O)C2. The molecule has 1 spiro atoms. The highest BCUT2D eigenvalue weighted by molar-refractivity contribution is 7.12. The average Bonchev–Trinajstić information content (AvgIpc) is 3.23. The molecule has 4 rings (SSSR count). The molecule has 0 amide bonds. The van der Waals surface area contributed by atoms with Gasteiger partial charge in [0.25, 0.3) is 0 Å². The number of rotatable bonds is 1. The van der Waals surface area contributed by atoms with Crippen LogP contribution in [-0.2, 0) is 11.2 Å². The van der Waals surface area contributed by atoms with Crippen molar-refractivity contribution in [1.29, 1.82) is 0 Å². The second-order valence-electron chi connectivity index (χ2n) is 6.18. The Labute approximate surface area is 138 Å². The first kappa shape index (κ1) is 14.2. The summed E-state index contributed by atoms with van der Waals surface area (Å²) in [7, 11) is 0. The maximum absolute atomic E-state index is 12.6. The number of hydrogen-bond acceptors (Lipinski definition) is 3. The molecule has 0 atom stereocenters. The fourth-order valence-electron chi connectivity index (χ4n) is 3.10. The normalized spacial score (nSPS) is 18.9. The summed E-state index contributed by atoms with van der Waals surface area (Å²) < 4.78 is 0. The van der Waals surface area contributed by atoms with Gasteiger partial charge < -0.3 is 0 Å². The number of aryl methyl sites for hydroxylation is 1. The molecular weight excluding hydrogens is 314 g/mol. The van der Waals surface area contributed by atoms with Gasteiger partial charge in [0.15, 0.2) is 5.78 Å². The zero-order chi connectivity index (χ0) is 15.5. The Morgan fingerprint density at radius 2 is 1.86 bits per heavy atom. The number of benzene rings is 1. The fourth-order valence-corrected chi connectivity index (χ4v) is 4.41. The number of aliphatic imine (C=N–C) groups is 1. The molecule has 1 aliphatic heterocycles. The van der Waals surface area contributed by atoms with Gasteiger partial charge in [-0.25, -0.2) is 0 Å². The van der Waals surface area contributed by atoms with Gasteiger partial charge in [-0.05, 0) is 44.4 Å². The van der Waals surface area contributed by atoms with Crippen molar-refractivity contribution in [3.63, 3.8) is 0 Å². The van der Waals surface area contributed by atoms with Crippen LogP contribution in [0.1, 0.15) is 39.3 Å². The van der Waals surface area contributed by atoms with Crippen molar-refractivity contribution in [3.05, 3.63) is 55.7 Å². The highest BCUT2D eigenvalue weighted by atomic mass is 35.5. The van der Waals surface area contributed by atoms with Crippen molar-refractivity contribution >= 4 is 34.4 Å². The molecule has 1 fully saturated rings. The molecule has 2 nitrogen and oxygen atoms in total. The minimum Gasteiger partial charge on any atom is -0.297 e. The molecule has 0 unspecified atom stereocenters. The maximum Gasteiger partial charge on any atom is 0.165 e. The standard InChI is InChI=1S/C18H16ClNOS/c1-10-11(2)22-14-9-15(21)18(7-8-18)20-17(16(10)14)12-3-5-13(19)6-4-12/h3-6H,7-9H2,1-2H3. The number of halogens is 1. The third-order valence-electron chi connectivity index (χ3n) is 4.70. The van der Waals surface area contributed by atoms with E-state index < -0.39 is 5.54 Å². The molecule has 0 N–H and O–H groups in total. The van der Waals surface area contributed by atoms with Crippen molar-refractivity contribution in [1.82, 2.24) is 0 Å². The van der Waals surface area contributed by atoms with E-state index in [9.17, 15) is 4.79 Å². The smallest absolute Gasteiger partial charge is 0.165 e. The van der Waals surface area contributed by atoms with Crippen LogP contribution in [0.25, 0.3) is 0 Å². The van der Waals surface area contributed by atoms with Gasteiger partial charge in [0.2, 0.25) is 0 Å². The topological polar surface area (TPSA) is 29.4 Å². The number of carbonyl (C=O) groups excluding carboxylic acids is 1. The van der Waals surface area contributed by atoms with Gasteiger partial charge >= 0.3 is 0 Å². The van der Waals surface area contributed by atoms with Gasteiger partial charge in [0.05, 0.1) is 5.71 Å². The number of hydrogen-bond donors (Lipinski definition) is 0. The summed E-state index contributed by atoms with van der Waals surface area (Å²) in [5, 5.41) is 0.716. The van der Waals surface area contributed by atoms with Gasteiger partial charge in [-0.2, -0.15) is 0 Å². The van der Waals surface area contributed by atoms with E-state index in [-0.39, 0.29) is 5.78 Å². The number of fused-ring (bicyclic) bond motifs is 1. The molecule has 22 heavy (non-hydrogen) atoms. The van der Waals surface area contributed by atoms with Crippen LogP contribution in [0.2, 0.25) is 5.02 Å². The molecule has 0 bridgehead atoms. The molecular formula is C18H16ClNOS. The number of Topliss-reactive ketones (excluding diaryl/α,β-unsaturated/α-hetero) is 1. The third kappa shape index (κ3) is 2.07. The highest BCUT2D eigenvalue weighted by Gasteiger charge is 2.51. The predicted molar refractivity (Wildman–Crippen MR) is 91.6 cm³/mol. The van der Waals surface area contributed by atoms with Crippen LogP contribution < -0.4 is 0 Å². The van der Waals surface area contributed by atoms with Crippen LogP contribution in [0.4, 0.5) is 0 Å². The van der Waals surface area contributed by atoms with E-state index in [0.29, 0.717) is 11.4 Å². The maximum atomic E-state index is 12.6. The Morgan fingerprint density at radius 1 is 1.18 bits per heavy atom. The van der Waals surface area contributed by atoms with E-state index in [0.717, 1.165) is 29.0 Å². The number of carbonyl (C=O) groups is 1. The summed E-state index contributed by atoms with van der Waals surface area (Å²) in [6.07, 6.45) is 2.29. The third-order valence-corrected chi connectivity index (χ3v) is 6.16. The first-order valence-corrected chi connectivity index (χ1v) is 8.68. The molecule has 2 aliphatic rings. The van der Waals surface area contributed by atoms with Crippen LogP contribution in [0.15, 0.2) is 29.3 Å². The molecule has 1 aliphatic carbocycles. The molecule has 112 valence electrons. The van der Waals surface area contributed by atoms with Crippen LogP contribution in [-0.4, -0.2) is 17.0 Å². The lowest BCUT2D eigenvalue weighted by Gasteiger charge is -2.10.